The Kier molecular flexibility index (Phi) is 3.47. The van der Waals surface area contributed by atoms with E-state index >= 15 is 0 Å². The van der Waals surface area contributed by atoms with E-state index < -0.39 is 5.82 Å². The molecule has 0 amide bonds. The molecule has 1 aliphatic carbocycles. The lowest BCUT2D eigenvalue weighted by Gasteiger charge is -2.34. The number of methoxy groups -OCH3 is 1. The van der Waals surface area contributed by atoms with E-state index in [9.17, 15) is 9.18 Å². The molecule has 5 heteroatoms. The summed E-state index contributed by atoms with van der Waals surface area (Å²) in [6.45, 7) is 0. The van der Waals surface area contributed by atoms with Crippen molar-refractivity contribution in [2.24, 2.45) is 5.92 Å². The predicted molar refractivity (Wildman–Crippen MR) is 63.3 cm³/mol. The smallest absolute Gasteiger partial charge is 0.308 e. The van der Waals surface area contributed by atoms with E-state index in [1.54, 1.807) is 6.07 Å². The van der Waals surface area contributed by atoms with Crippen LogP contribution in [0.3, 0.4) is 0 Å². The minimum atomic E-state index is -0.444. The summed E-state index contributed by atoms with van der Waals surface area (Å²) in [4.78, 5) is 11.2. The molecule has 0 aliphatic heterocycles. The fourth-order valence-electron chi connectivity index (χ4n) is 2.07. The van der Waals surface area contributed by atoms with Gasteiger partial charge in [-0.05, 0) is 31.0 Å². The Labute approximate surface area is 104 Å². The molecule has 0 bridgehead atoms. The fourth-order valence-corrected chi connectivity index (χ4v) is 2.07. The molecule has 1 aromatic rings. The number of hydrogen-bond donors (Lipinski definition) is 1. The summed E-state index contributed by atoms with van der Waals surface area (Å²) in [6, 6.07) is 6.14. The van der Waals surface area contributed by atoms with Gasteiger partial charge in [0.1, 0.15) is 5.82 Å². The molecular weight excluding hydrogens is 235 g/mol. The lowest BCUT2D eigenvalue weighted by molar-refractivity contribution is -0.148. The zero-order valence-electron chi connectivity index (χ0n) is 9.94. The lowest BCUT2D eigenvalue weighted by atomic mass is 9.80. The number of rotatable bonds is 3. The van der Waals surface area contributed by atoms with Gasteiger partial charge in [0.05, 0.1) is 24.7 Å². The Balaban J connectivity index is 1.94. The summed E-state index contributed by atoms with van der Waals surface area (Å²) in [5, 5.41) is 11.8. The van der Waals surface area contributed by atoms with Gasteiger partial charge in [-0.1, -0.05) is 0 Å². The Morgan fingerprint density at radius 2 is 2.22 bits per heavy atom. The first-order valence-electron chi connectivity index (χ1n) is 5.67. The summed E-state index contributed by atoms with van der Waals surface area (Å²) in [6.07, 6.45) is 1.34. The molecule has 1 fully saturated rings. The summed E-state index contributed by atoms with van der Waals surface area (Å²) in [5.74, 6) is -0.720. The zero-order chi connectivity index (χ0) is 13.1. The van der Waals surface area contributed by atoms with Gasteiger partial charge in [-0.25, -0.2) is 4.39 Å². The SMILES string of the molecule is COC(=O)C1CC(Nc2cc(F)cc(C#N)c2)C1. The van der Waals surface area contributed by atoms with Crippen LogP contribution in [0.1, 0.15) is 18.4 Å². The largest absolute Gasteiger partial charge is 0.469 e. The van der Waals surface area contributed by atoms with Gasteiger partial charge in [-0.3, -0.25) is 4.79 Å². The van der Waals surface area contributed by atoms with E-state index in [1.165, 1.54) is 19.2 Å². The number of hydrogen-bond acceptors (Lipinski definition) is 4. The van der Waals surface area contributed by atoms with Gasteiger partial charge >= 0.3 is 5.97 Å². The van der Waals surface area contributed by atoms with Gasteiger partial charge in [0.25, 0.3) is 0 Å². The Bertz CT molecular complexity index is 504. The molecule has 4 nitrogen and oxygen atoms in total. The van der Waals surface area contributed by atoms with Crippen LogP contribution in [-0.4, -0.2) is 19.1 Å². The monoisotopic (exact) mass is 248 g/mol. The molecule has 0 saturated heterocycles. The van der Waals surface area contributed by atoms with Gasteiger partial charge < -0.3 is 10.1 Å². The molecule has 0 aromatic heterocycles. The maximum atomic E-state index is 13.2. The van der Waals surface area contributed by atoms with E-state index in [4.69, 9.17) is 5.26 Å². The Morgan fingerprint density at radius 3 is 2.83 bits per heavy atom. The molecule has 0 heterocycles. The second kappa shape index (κ2) is 5.05. The minimum absolute atomic E-state index is 0.0727. The van der Waals surface area contributed by atoms with Crippen molar-refractivity contribution in [1.82, 2.24) is 0 Å². The quantitative estimate of drug-likeness (QED) is 0.832. The van der Waals surface area contributed by atoms with Crippen LogP contribution in [0.5, 0.6) is 0 Å². The molecular formula is C13H13FN2O2. The molecule has 1 N–H and O–H groups in total. The minimum Gasteiger partial charge on any atom is -0.469 e. The van der Waals surface area contributed by atoms with Crippen LogP contribution in [0.25, 0.3) is 0 Å². The maximum absolute atomic E-state index is 13.2. The van der Waals surface area contributed by atoms with Gasteiger partial charge in [-0.15, -0.1) is 0 Å². The van der Waals surface area contributed by atoms with E-state index in [1.807, 2.05) is 6.07 Å². The van der Waals surface area contributed by atoms with Crippen molar-refractivity contribution in [1.29, 1.82) is 5.26 Å². The molecule has 1 aromatic carbocycles. The highest BCUT2D eigenvalue weighted by Crippen LogP contribution is 2.31. The molecule has 0 spiro atoms. The second-order valence-electron chi connectivity index (χ2n) is 4.37. The summed E-state index contributed by atoms with van der Waals surface area (Å²) in [5.41, 5.74) is 0.848. The third-order valence-electron chi connectivity index (χ3n) is 3.07. The van der Waals surface area contributed by atoms with Crippen LogP contribution >= 0.6 is 0 Å². The summed E-state index contributed by atoms with van der Waals surface area (Å²) >= 11 is 0. The number of ether oxygens (including phenoxy) is 1. The van der Waals surface area contributed by atoms with Crippen molar-refractivity contribution >= 4 is 11.7 Å². The number of anilines is 1. The third kappa shape index (κ3) is 2.59. The van der Waals surface area contributed by atoms with Crippen LogP contribution in [0.4, 0.5) is 10.1 Å². The topological polar surface area (TPSA) is 62.1 Å². The molecule has 1 aliphatic rings. The van der Waals surface area contributed by atoms with Crippen molar-refractivity contribution in [2.45, 2.75) is 18.9 Å². The maximum Gasteiger partial charge on any atom is 0.308 e. The Hall–Kier alpha value is -2.09. The average molecular weight is 248 g/mol. The van der Waals surface area contributed by atoms with E-state index in [0.717, 1.165) is 0 Å². The summed E-state index contributed by atoms with van der Waals surface area (Å²) in [7, 11) is 1.37. The number of esters is 1. The highest BCUT2D eigenvalue weighted by molar-refractivity contribution is 5.73. The highest BCUT2D eigenvalue weighted by Gasteiger charge is 2.35. The van der Waals surface area contributed by atoms with Crippen LogP contribution in [-0.2, 0) is 9.53 Å². The number of carbonyl (C=O) groups excluding carboxylic acids is 1. The van der Waals surface area contributed by atoms with Gasteiger partial charge in [0.2, 0.25) is 0 Å². The first kappa shape index (κ1) is 12.4. The van der Waals surface area contributed by atoms with Crippen LogP contribution < -0.4 is 5.32 Å². The second-order valence-corrected chi connectivity index (χ2v) is 4.37. The molecule has 0 atom stereocenters. The van der Waals surface area contributed by atoms with Crippen LogP contribution in [0.2, 0.25) is 0 Å². The number of benzene rings is 1. The first-order chi connectivity index (χ1) is 8.62. The van der Waals surface area contributed by atoms with Gasteiger partial charge in [0.15, 0.2) is 0 Å². The Morgan fingerprint density at radius 1 is 1.50 bits per heavy atom. The summed E-state index contributed by atoms with van der Waals surface area (Å²) < 4.78 is 17.8. The van der Waals surface area contributed by atoms with Crippen LogP contribution in [0.15, 0.2) is 18.2 Å². The zero-order valence-corrected chi connectivity index (χ0v) is 9.94. The molecule has 2 rings (SSSR count). The van der Waals surface area contributed by atoms with Gasteiger partial charge in [0, 0.05) is 11.7 Å². The van der Waals surface area contributed by atoms with Gasteiger partial charge in [-0.2, -0.15) is 5.26 Å². The molecule has 0 radical (unpaired) electrons. The van der Waals surface area contributed by atoms with Crippen molar-refractivity contribution in [3.63, 3.8) is 0 Å². The lowest BCUT2D eigenvalue weighted by Crippen LogP contribution is -2.40. The molecule has 1 saturated carbocycles. The van der Waals surface area contributed by atoms with E-state index in [0.29, 0.717) is 18.5 Å². The van der Waals surface area contributed by atoms with E-state index in [2.05, 4.69) is 10.1 Å². The predicted octanol–water partition coefficient (Wildman–Crippen LogP) is 2.06. The van der Waals surface area contributed by atoms with Crippen molar-refractivity contribution in [3.8, 4) is 6.07 Å². The standard InChI is InChI=1S/C13H13FN2O2/c1-18-13(17)9-4-12(5-9)16-11-3-8(7-15)2-10(14)6-11/h2-3,6,9,12,16H,4-5H2,1H3. The average Bonchev–Trinajstić information content (AvgIpc) is 2.31. The third-order valence-corrected chi connectivity index (χ3v) is 3.07. The highest BCUT2D eigenvalue weighted by atomic mass is 19.1. The van der Waals surface area contributed by atoms with Crippen molar-refractivity contribution < 1.29 is 13.9 Å². The molecule has 94 valence electrons. The number of nitrogens with zero attached hydrogens (tertiary/aromatic N) is 1. The first-order valence-corrected chi connectivity index (χ1v) is 5.67. The van der Waals surface area contributed by atoms with Crippen molar-refractivity contribution in [3.05, 3.63) is 29.6 Å². The number of nitriles is 1. The molecule has 0 unspecified atom stereocenters. The number of carbonyl (C=O) groups is 1. The number of halogens is 1. The van der Waals surface area contributed by atoms with Crippen molar-refractivity contribution in [2.75, 3.05) is 12.4 Å². The van der Waals surface area contributed by atoms with E-state index in [-0.39, 0.29) is 23.5 Å². The normalized spacial score (nSPS) is 21.6. The molecule has 18 heavy (non-hydrogen) atoms. The number of nitrogens with one attached hydrogen (secondary N) is 1. The fraction of sp³-hybridized carbons (Fsp3) is 0.385. The van der Waals surface area contributed by atoms with Crippen LogP contribution in [0, 0.1) is 23.1 Å².